The molecule has 5 nitrogen and oxygen atoms in total. The molecule has 0 heterocycles. The highest BCUT2D eigenvalue weighted by atomic mass is 16.6. The van der Waals surface area contributed by atoms with Crippen molar-refractivity contribution in [3.05, 3.63) is 29.8 Å². The van der Waals surface area contributed by atoms with Gasteiger partial charge in [0.1, 0.15) is 5.60 Å². The second-order valence-corrected chi connectivity index (χ2v) is 5.31. The van der Waals surface area contributed by atoms with Gasteiger partial charge in [-0.15, -0.1) is 0 Å². The third-order valence-electron chi connectivity index (χ3n) is 2.25. The van der Waals surface area contributed by atoms with Crippen LogP contribution in [0.1, 0.15) is 33.3 Å². The minimum Gasteiger partial charge on any atom is -0.466 e. The standard InChI is InChI=1S/C15H21NO4/c1-5-19-13(17)10-11-6-8-12(9-7-11)16-14(18)20-15(2,3)4/h6-9H,5,10H2,1-4H3,(H,16,18). The second kappa shape index (κ2) is 6.93. The SMILES string of the molecule is CCOC(=O)Cc1ccc(NC(=O)OC(C)(C)C)cc1. The number of ether oxygens (including phenoxy) is 2. The molecule has 0 saturated carbocycles. The zero-order valence-corrected chi connectivity index (χ0v) is 12.4. The van der Waals surface area contributed by atoms with E-state index in [1.807, 2.05) is 0 Å². The lowest BCUT2D eigenvalue weighted by atomic mass is 10.1. The Labute approximate surface area is 119 Å². The average molecular weight is 279 g/mol. The highest BCUT2D eigenvalue weighted by Crippen LogP contribution is 2.13. The number of carbonyl (C=O) groups is 2. The maximum absolute atomic E-state index is 11.6. The van der Waals surface area contributed by atoms with Crippen LogP contribution in [0.5, 0.6) is 0 Å². The fraction of sp³-hybridized carbons (Fsp3) is 0.467. The van der Waals surface area contributed by atoms with Gasteiger partial charge in [0.25, 0.3) is 0 Å². The number of nitrogens with one attached hydrogen (secondary N) is 1. The fourth-order valence-electron chi connectivity index (χ4n) is 1.51. The van der Waals surface area contributed by atoms with Crippen LogP contribution in [0, 0.1) is 0 Å². The third-order valence-corrected chi connectivity index (χ3v) is 2.25. The van der Waals surface area contributed by atoms with Crippen molar-refractivity contribution in [2.75, 3.05) is 11.9 Å². The number of rotatable bonds is 4. The van der Waals surface area contributed by atoms with Gasteiger partial charge in [-0.25, -0.2) is 4.79 Å². The molecule has 0 radical (unpaired) electrons. The molecule has 1 rings (SSSR count). The van der Waals surface area contributed by atoms with Crippen molar-refractivity contribution in [3.63, 3.8) is 0 Å². The van der Waals surface area contributed by atoms with E-state index in [9.17, 15) is 9.59 Å². The Morgan fingerprint density at radius 2 is 1.75 bits per heavy atom. The summed E-state index contributed by atoms with van der Waals surface area (Å²) in [7, 11) is 0. The summed E-state index contributed by atoms with van der Waals surface area (Å²) in [4.78, 5) is 22.9. The van der Waals surface area contributed by atoms with Gasteiger partial charge in [0.05, 0.1) is 13.0 Å². The molecule has 0 aliphatic heterocycles. The van der Waals surface area contributed by atoms with Crippen LogP contribution in [0.25, 0.3) is 0 Å². The fourth-order valence-corrected chi connectivity index (χ4v) is 1.51. The first kappa shape index (κ1) is 16.0. The number of carbonyl (C=O) groups excluding carboxylic acids is 2. The van der Waals surface area contributed by atoms with Crippen LogP contribution in [-0.4, -0.2) is 24.3 Å². The highest BCUT2D eigenvalue weighted by Gasteiger charge is 2.16. The van der Waals surface area contributed by atoms with Gasteiger partial charge >= 0.3 is 12.1 Å². The number of amides is 1. The first-order valence-corrected chi connectivity index (χ1v) is 6.54. The van der Waals surface area contributed by atoms with Crippen LogP contribution in [0.3, 0.4) is 0 Å². The predicted molar refractivity (Wildman–Crippen MR) is 76.6 cm³/mol. The number of esters is 1. The van der Waals surface area contributed by atoms with E-state index >= 15 is 0 Å². The van der Waals surface area contributed by atoms with Crippen molar-refractivity contribution in [2.45, 2.75) is 39.7 Å². The molecule has 1 aromatic rings. The van der Waals surface area contributed by atoms with Crippen LogP contribution < -0.4 is 5.32 Å². The van der Waals surface area contributed by atoms with Crippen molar-refractivity contribution in [1.82, 2.24) is 0 Å². The van der Waals surface area contributed by atoms with Gasteiger partial charge < -0.3 is 9.47 Å². The lowest BCUT2D eigenvalue weighted by Crippen LogP contribution is -2.27. The number of anilines is 1. The van der Waals surface area contributed by atoms with E-state index in [2.05, 4.69) is 5.32 Å². The Morgan fingerprint density at radius 1 is 1.15 bits per heavy atom. The molecule has 1 amide bonds. The Balaban J connectivity index is 2.54. The Kier molecular flexibility index (Phi) is 5.55. The first-order chi connectivity index (χ1) is 9.30. The van der Waals surface area contributed by atoms with E-state index < -0.39 is 11.7 Å². The van der Waals surface area contributed by atoms with Crippen molar-refractivity contribution < 1.29 is 19.1 Å². The molecule has 0 atom stereocenters. The van der Waals surface area contributed by atoms with Gasteiger partial charge in [0, 0.05) is 5.69 Å². The normalized spacial score (nSPS) is 10.8. The molecule has 1 aromatic carbocycles. The monoisotopic (exact) mass is 279 g/mol. The quantitative estimate of drug-likeness (QED) is 0.860. The molecule has 20 heavy (non-hydrogen) atoms. The molecule has 0 saturated heterocycles. The van der Waals surface area contributed by atoms with E-state index in [0.29, 0.717) is 12.3 Å². The van der Waals surface area contributed by atoms with Crippen molar-refractivity contribution >= 4 is 17.7 Å². The molecular formula is C15H21NO4. The van der Waals surface area contributed by atoms with Crippen LogP contribution in [0.4, 0.5) is 10.5 Å². The summed E-state index contributed by atoms with van der Waals surface area (Å²) in [6.07, 6.45) is -0.281. The molecule has 0 bridgehead atoms. The highest BCUT2D eigenvalue weighted by molar-refractivity contribution is 5.85. The van der Waals surface area contributed by atoms with Crippen molar-refractivity contribution in [2.24, 2.45) is 0 Å². The molecule has 0 unspecified atom stereocenters. The third kappa shape index (κ3) is 6.22. The topological polar surface area (TPSA) is 64.6 Å². The maximum atomic E-state index is 11.6. The lowest BCUT2D eigenvalue weighted by molar-refractivity contribution is -0.142. The minimum atomic E-state index is -0.534. The van der Waals surface area contributed by atoms with E-state index in [0.717, 1.165) is 5.56 Å². The Morgan fingerprint density at radius 3 is 2.25 bits per heavy atom. The summed E-state index contributed by atoms with van der Waals surface area (Å²) in [5.74, 6) is -0.264. The zero-order chi connectivity index (χ0) is 15.2. The summed E-state index contributed by atoms with van der Waals surface area (Å²) < 4.78 is 10.0. The minimum absolute atomic E-state index is 0.223. The Bertz CT molecular complexity index is 460. The zero-order valence-electron chi connectivity index (χ0n) is 12.4. The largest absolute Gasteiger partial charge is 0.466 e. The molecule has 110 valence electrons. The molecule has 1 N–H and O–H groups in total. The van der Waals surface area contributed by atoms with E-state index in [1.165, 1.54) is 0 Å². The molecule has 5 heteroatoms. The van der Waals surface area contributed by atoms with Crippen LogP contribution in [-0.2, 0) is 20.7 Å². The van der Waals surface area contributed by atoms with Gasteiger partial charge in [-0.1, -0.05) is 12.1 Å². The second-order valence-electron chi connectivity index (χ2n) is 5.31. The summed E-state index contributed by atoms with van der Waals surface area (Å²) >= 11 is 0. The van der Waals surface area contributed by atoms with Gasteiger partial charge in [-0.3, -0.25) is 10.1 Å². The van der Waals surface area contributed by atoms with Crippen LogP contribution in [0.15, 0.2) is 24.3 Å². The smallest absolute Gasteiger partial charge is 0.412 e. The molecule has 0 spiro atoms. The van der Waals surface area contributed by atoms with Crippen molar-refractivity contribution in [3.8, 4) is 0 Å². The molecule has 0 aliphatic rings. The van der Waals surface area contributed by atoms with E-state index in [4.69, 9.17) is 9.47 Å². The predicted octanol–water partition coefficient (Wildman–Crippen LogP) is 3.14. The summed E-state index contributed by atoms with van der Waals surface area (Å²) in [6, 6.07) is 6.98. The maximum Gasteiger partial charge on any atom is 0.412 e. The first-order valence-electron chi connectivity index (χ1n) is 6.54. The number of hydrogen-bond donors (Lipinski definition) is 1. The van der Waals surface area contributed by atoms with Gasteiger partial charge in [-0.05, 0) is 45.4 Å². The average Bonchev–Trinajstić information content (AvgIpc) is 2.29. The van der Waals surface area contributed by atoms with Crippen LogP contribution >= 0.6 is 0 Å². The lowest BCUT2D eigenvalue weighted by Gasteiger charge is -2.19. The van der Waals surface area contributed by atoms with Crippen molar-refractivity contribution in [1.29, 1.82) is 0 Å². The molecular weight excluding hydrogens is 258 g/mol. The van der Waals surface area contributed by atoms with Gasteiger partial charge in [-0.2, -0.15) is 0 Å². The Hall–Kier alpha value is -2.04. The number of benzene rings is 1. The molecule has 0 fully saturated rings. The van der Waals surface area contributed by atoms with Gasteiger partial charge in [0.15, 0.2) is 0 Å². The van der Waals surface area contributed by atoms with E-state index in [1.54, 1.807) is 52.0 Å². The summed E-state index contributed by atoms with van der Waals surface area (Å²) in [5, 5.41) is 2.63. The van der Waals surface area contributed by atoms with Gasteiger partial charge in [0.2, 0.25) is 0 Å². The van der Waals surface area contributed by atoms with E-state index in [-0.39, 0.29) is 12.4 Å². The number of hydrogen-bond acceptors (Lipinski definition) is 4. The molecule has 0 aliphatic carbocycles. The summed E-state index contributed by atoms with van der Waals surface area (Å²) in [5.41, 5.74) is 0.915. The summed E-state index contributed by atoms with van der Waals surface area (Å²) in [6.45, 7) is 7.54. The van der Waals surface area contributed by atoms with Crippen LogP contribution in [0.2, 0.25) is 0 Å². The molecule has 0 aromatic heterocycles.